The quantitative estimate of drug-likeness (QED) is 0.624. The zero-order valence-electron chi connectivity index (χ0n) is 17.4. The molecule has 1 N–H and O–H groups in total. The lowest BCUT2D eigenvalue weighted by Crippen LogP contribution is -2.54. The third-order valence-corrected chi connectivity index (χ3v) is 12.2. The molecule has 4 rings (SSSR count). The average molecular weight is 447 g/mol. The molecule has 29 heavy (non-hydrogen) atoms. The van der Waals surface area contributed by atoms with Crippen molar-refractivity contribution in [3.05, 3.63) is 0 Å². The monoisotopic (exact) mass is 446 g/mol. The van der Waals surface area contributed by atoms with Crippen LogP contribution < -0.4 is 0 Å². The summed E-state index contributed by atoms with van der Waals surface area (Å²) >= 11 is -3.02. The maximum atomic E-state index is 13.3. The minimum absolute atomic E-state index is 0.0171. The fourth-order valence-electron chi connectivity index (χ4n) is 7.68. The van der Waals surface area contributed by atoms with Crippen LogP contribution in [0.15, 0.2) is 0 Å². The van der Waals surface area contributed by atoms with Crippen LogP contribution >= 0.6 is 0 Å². The molecule has 6 atom stereocenters. The molecule has 0 aromatic heterocycles. The molecular formula is C20H30O7S2. The zero-order chi connectivity index (χ0) is 21.6. The summed E-state index contributed by atoms with van der Waals surface area (Å²) in [4.78, 5) is 26.3. The van der Waals surface area contributed by atoms with E-state index in [9.17, 15) is 26.8 Å². The van der Waals surface area contributed by atoms with Crippen molar-refractivity contribution in [2.45, 2.75) is 77.9 Å². The Bertz CT molecular complexity index is 906. The van der Waals surface area contributed by atoms with Gasteiger partial charge < -0.3 is 0 Å². The third-order valence-electron chi connectivity index (χ3n) is 9.71. The Labute approximate surface area is 175 Å². The SMILES string of the molecule is CC1(C)C2CCC1(CC(C13CCC(CC1=O)C3(C)C)S(=O)(=O)OS(=O)O)C(=O)C2. The van der Waals surface area contributed by atoms with Crippen LogP contribution in [-0.2, 0) is 34.7 Å². The van der Waals surface area contributed by atoms with Gasteiger partial charge in [-0.15, -0.1) is 3.63 Å². The number of fused-ring (bicyclic) bond motifs is 4. The Balaban J connectivity index is 1.87. The van der Waals surface area contributed by atoms with Gasteiger partial charge in [0, 0.05) is 18.3 Å². The lowest BCUT2D eigenvalue weighted by molar-refractivity contribution is -0.135. The van der Waals surface area contributed by atoms with Gasteiger partial charge >= 0.3 is 11.4 Å². The maximum absolute atomic E-state index is 13.3. The van der Waals surface area contributed by atoms with Crippen molar-refractivity contribution >= 4 is 33.0 Å². The van der Waals surface area contributed by atoms with Gasteiger partial charge in [-0.05, 0) is 54.8 Å². The van der Waals surface area contributed by atoms with Crippen LogP contribution in [0.1, 0.15) is 72.6 Å². The van der Waals surface area contributed by atoms with Crippen molar-refractivity contribution in [3.8, 4) is 0 Å². The molecule has 4 bridgehead atoms. The zero-order valence-corrected chi connectivity index (χ0v) is 19.0. The molecule has 4 aliphatic carbocycles. The van der Waals surface area contributed by atoms with E-state index in [2.05, 4.69) is 3.63 Å². The van der Waals surface area contributed by atoms with Gasteiger partial charge in [-0.2, -0.15) is 12.6 Å². The van der Waals surface area contributed by atoms with Crippen molar-refractivity contribution in [2.75, 3.05) is 0 Å². The van der Waals surface area contributed by atoms with Gasteiger partial charge in [0.05, 0.1) is 5.41 Å². The van der Waals surface area contributed by atoms with E-state index in [4.69, 9.17) is 0 Å². The van der Waals surface area contributed by atoms with Crippen LogP contribution in [0.3, 0.4) is 0 Å². The third kappa shape index (κ3) is 2.53. The summed E-state index contributed by atoms with van der Waals surface area (Å²) in [5.41, 5.74) is -3.00. The van der Waals surface area contributed by atoms with E-state index in [1.54, 1.807) is 0 Å². The highest BCUT2D eigenvalue weighted by Gasteiger charge is 2.73. The van der Waals surface area contributed by atoms with Gasteiger partial charge in [0.1, 0.15) is 16.8 Å². The molecule has 4 fully saturated rings. The number of carbonyl (C=O) groups excluding carboxylic acids is 2. The van der Waals surface area contributed by atoms with E-state index in [1.807, 2.05) is 27.7 Å². The van der Waals surface area contributed by atoms with E-state index < -0.39 is 43.0 Å². The number of hydrogen-bond donors (Lipinski definition) is 1. The second-order valence-corrected chi connectivity index (χ2v) is 13.2. The lowest BCUT2D eigenvalue weighted by Gasteiger charge is -2.46. The van der Waals surface area contributed by atoms with Gasteiger partial charge in [0.2, 0.25) is 0 Å². The van der Waals surface area contributed by atoms with Crippen LogP contribution in [0.5, 0.6) is 0 Å². The first-order chi connectivity index (χ1) is 13.2. The number of ketones is 2. The molecule has 0 aromatic rings. The lowest BCUT2D eigenvalue weighted by atomic mass is 9.59. The molecule has 0 heterocycles. The molecule has 0 radical (unpaired) electrons. The van der Waals surface area contributed by atoms with Crippen molar-refractivity contribution in [3.63, 3.8) is 0 Å². The largest absolute Gasteiger partial charge is 0.317 e. The summed E-state index contributed by atoms with van der Waals surface area (Å²) in [6, 6.07) is 0. The molecule has 0 amide bonds. The molecule has 0 spiro atoms. The van der Waals surface area contributed by atoms with Crippen molar-refractivity contribution in [2.24, 2.45) is 33.5 Å². The Kier molecular flexibility index (Phi) is 4.62. The summed E-state index contributed by atoms with van der Waals surface area (Å²) in [6.45, 7) is 7.87. The predicted molar refractivity (Wildman–Crippen MR) is 106 cm³/mol. The minimum atomic E-state index is -4.57. The number of carbonyl (C=O) groups is 2. The molecule has 0 aliphatic heterocycles. The normalized spacial score (nSPS) is 41.8. The second-order valence-electron chi connectivity index (χ2n) is 10.7. The fourth-order valence-corrected chi connectivity index (χ4v) is 10.2. The molecule has 4 aliphatic rings. The average Bonchev–Trinajstić information content (AvgIpc) is 3.11. The molecule has 0 aromatic carbocycles. The number of hydrogen-bond acceptors (Lipinski definition) is 6. The summed E-state index contributed by atoms with van der Waals surface area (Å²) in [5.74, 6) is 0.216. The van der Waals surface area contributed by atoms with Gasteiger partial charge in [-0.1, -0.05) is 27.7 Å². The highest BCUT2D eigenvalue weighted by Crippen LogP contribution is 2.71. The molecule has 164 valence electrons. The Morgan fingerprint density at radius 1 is 1.03 bits per heavy atom. The van der Waals surface area contributed by atoms with Gasteiger partial charge in [-0.3, -0.25) is 14.1 Å². The Morgan fingerprint density at radius 3 is 2.00 bits per heavy atom. The summed E-state index contributed by atoms with van der Waals surface area (Å²) < 4.78 is 51.6. The van der Waals surface area contributed by atoms with E-state index in [1.165, 1.54) is 0 Å². The maximum Gasteiger partial charge on any atom is 0.317 e. The van der Waals surface area contributed by atoms with E-state index >= 15 is 0 Å². The minimum Gasteiger partial charge on any atom is -0.299 e. The summed E-state index contributed by atoms with van der Waals surface area (Å²) in [6.07, 6.45) is 3.31. The van der Waals surface area contributed by atoms with Crippen LogP contribution in [0.2, 0.25) is 0 Å². The first kappa shape index (κ1) is 21.6. The fraction of sp³-hybridized carbons (Fsp3) is 0.900. The Morgan fingerprint density at radius 2 is 1.59 bits per heavy atom. The molecule has 7 nitrogen and oxygen atoms in total. The highest BCUT2D eigenvalue weighted by atomic mass is 32.3. The summed E-state index contributed by atoms with van der Waals surface area (Å²) in [7, 11) is -4.57. The molecule has 9 heteroatoms. The van der Waals surface area contributed by atoms with Crippen molar-refractivity contribution in [1.82, 2.24) is 0 Å². The first-order valence-corrected chi connectivity index (χ1v) is 12.8. The smallest absolute Gasteiger partial charge is 0.299 e. The van der Waals surface area contributed by atoms with E-state index in [0.29, 0.717) is 25.7 Å². The van der Waals surface area contributed by atoms with Crippen LogP contribution in [-0.4, -0.2) is 34.0 Å². The first-order valence-electron chi connectivity index (χ1n) is 10.3. The topological polar surface area (TPSA) is 115 Å². The van der Waals surface area contributed by atoms with Crippen LogP contribution in [0.4, 0.5) is 0 Å². The van der Waals surface area contributed by atoms with Gasteiger partial charge in [0.15, 0.2) is 0 Å². The van der Waals surface area contributed by atoms with E-state index in [-0.39, 0.29) is 35.2 Å². The standard InChI is InChI=1S/C20H30O7S2/c1-17(2)12-5-7-19(17,14(21)9-12)11-16(29(25,26)27-28(23)24)20-8-6-13(10-15(20)22)18(20,3)4/h12-13,16H,5-11H2,1-4H3,(H,23,24). The predicted octanol–water partition coefficient (Wildman–Crippen LogP) is 3.02. The molecular weight excluding hydrogens is 416 g/mol. The number of rotatable bonds is 6. The van der Waals surface area contributed by atoms with Crippen LogP contribution in [0, 0.1) is 33.5 Å². The van der Waals surface area contributed by atoms with Crippen molar-refractivity contribution < 1.29 is 30.4 Å². The number of Topliss-reactive ketones (excluding diaryl/α,β-unsaturated/α-hetero) is 2. The summed E-state index contributed by atoms with van der Waals surface area (Å²) in [5, 5.41) is -1.30. The molecule has 6 unspecified atom stereocenters. The van der Waals surface area contributed by atoms with Gasteiger partial charge in [-0.25, -0.2) is 0 Å². The molecule has 0 saturated heterocycles. The molecule has 4 saturated carbocycles. The highest BCUT2D eigenvalue weighted by molar-refractivity contribution is 7.95. The van der Waals surface area contributed by atoms with Crippen LogP contribution in [0.25, 0.3) is 0 Å². The Hall–Kier alpha value is -0.640. The van der Waals surface area contributed by atoms with Crippen molar-refractivity contribution in [1.29, 1.82) is 0 Å². The van der Waals surface area contributed by atoms with Gasteiger partial charge in [0.25, 0.3) is 10.1 Å². The van der Waals surface area contributed by atoms with E-state index in [0.717, 1.165) is 12.8 Å². The second kappa shape index (κ2) is 6.20.